The lowest BCUT2D eigenvalue weighted by Gasteiger charge is -2.12. The van der Waals surface area contributed by atoms with Crippen molar-refractivity contribution in [3.05, 3.63) is 99.5 Å². The summed E-state index contributed by atoms with van der Waals surface area (Å²) in [6.45, 7) is 4.06. The fourth-order valence-corrected chi connectivity index (χ4v) is 4.34. The van der Waals surface area contributed by atoms with Gasteiger partial charge in [-0.15, -0.1) is 0 Å². The first kappa shape index (κ1) is 24.3. The van der Waals surface area contributed by atoms with Crippen LogP contribution in [0, 0.1) is 13.8 Å². The SMILES string of the molecule is COc1cc(C=C2SC(=O)N(CC(=O)c3ccc(C)cc3)C2=O)ccc1OCc1ccc(C)cc1. The third-order valence-electron chi connectivity index (χ3n) is 5.55. The van der Waals surface area contributed by atoms with Crippen LogP contribution in [-0.4, -0.2) is 35.5 Å². The molecule has 1 saturated heterocycles. The van der Waals surface area contributed by atoms with Gasteiger partial charge >= 0.3 is 0 Å². The standard InChI is InChI=1S/C28H25NO5S/c1-18-4-8-20(9-5-18)17-34-24-13-10-21(14-25(24)33-3)15-26-27(31)29(28(32)35-26)16-23(30)22-11-6-19(2)7-12-22/h4-15H,16-17H2,1-3H3. The number of nitrogens with zero attached hydrogens (tertiary/aromatic N) is 1. The van der Waals surface area contributed by atoms with Crippen molar-refractivity contribution in [3.63, 3.8) is 0 Å². The van der Waals surface area contributed by atoms with Crippen molar-refractivity contribution in [3.8, 4) is 11.5 Å². The van der Waals surface area contributed by atoms with E-state index in [9.17, 15) is 14.4 Å². The number of thioether (sulfide) groups is 1. The number of benzene rings is 3. The smallest absolute Gasteiger partial charge is 0.293 e. The number of imide groups is 1. The van der Waals surface area contributed by atoms with E-state index in [0.717, 1.165) is 27.8 Å². The zero-order chi connectivity index (χ0) is 24.9. The van der Waals surface area contributed by atoms with Crippen LogP contribution in [0.1, 0.15) is 32.6 Å². The van der Waals surface area contributed by atoms with Crippen molar-refractivity contribution in [1.29, 1.82) is 0 Å². The summed E-state index contributed by atoms with van der Waals surface area (Å²) in [4.78, 5) is 39.1. The molecule has 0 aliphatic carbocycles. The molecule has 2 amide bonds. The molecular formula is C28H25NO5S. The first-order chi connectivity index (χ1) is 16.8. The minimum Gasteiger partial charge on any atom is -0.493 e. The zero-order valence-electron chi connectivity index (χ0n) is 19.7. The summed E-state index contributed by atoms with van der Waals surface area (Å²) in [5.74, 6) is 0.311. The van der Waals surface area contributed by atoms with E-state index in [0.29, 0.717) is 29.2 Å². The number of methoxy groups -OCH3 is 1. The molecule has 0 bridgehead atoms. The van der Waals surface area contributed by atoms with Gasteiger partial charge in [-0.2, -0.15) is 0 Å². The normalized spacial score (nSPS) is 14.5. The summed E-state index contributed by atoms with van der Waals surface area (Å²) in [6.07, 6.45) is 1.62. The first-order valence-corrected chi connectivity index (χ1v) is 11.9. The summed E-state index contributed by atoms with van der Waals surface area (Å²) in [7, 11) is 1.54. The highest BCUT2D eigenvalue weighted by atomic mass is 32.2. The van der Waals surface area contributed by atoms with Gasteiger partial charge in [0.05, 0.1) is 18.6 Å². The number of aryl methyl sites for hydroxylation is 2. The third kappa shape index (κ3) is 5.81. The molecule has 0 aromatic heterocycles. The van der Waals surface area contributed by atoms with Gasteiger partial charge in [0.25, 0.3) is 11.1 Å². The predicted molar refractivity (Wildman–Crippen MR) is 137 cm³/mol. The highest BCUT2D eigenvalue weighted by Crippen LogP contribution is 2.35. The molecular weight excluding hydrogens is 462 g/mol. The van der Waals surface area contributed by atoms with E-state index >= 15 is 0 Å². The molecule has 1 heterocycles. The molecule has 3 aromatic carbocycles. The van der Waals surface area contributed by atoms with Gasteiger partial charge in [-0.05, 0) is 54.9 Å². The Hall–Kier alpha value is -3.84. The Morgan fingerprint density at radius 1 is 0.914 bits per heavy atom. The molecule has 35 heavy (non-hydrogen) atoms. The first-order valence-electron chi connectivity index (χ1n) is 11.1. The van der Waals surface area contributed by atoms with E-state index in [1.54, 1.807) is 43.5 Å². The molecule has 1 fully saturated rings. The zero-order valence-corrected chi connectivity index (χ0v) is 20.6. The van der Waals surface area contributed by atoms with Crippen molar-refractivity contribution >= 4 is 34.8 Å². The fourth-order valence-electron chi connectivity index (χ4n) is 3.50. The molecule has 3 aromatic rings. The molecule has 0 saturated carbocycles. The number of Topliss-reactive ketones (excluding diaryl/α,β-unsaturated/α-hetero) is 1. The van der Waals surface area contributed by atoms with E-state index in [2.05, 4.69) is 0 Å². The highest BCUT2D eigenvalue weighted by molar-refractivity contribution is 8.18. The molecule has 178 valence electrons. The van der Waals surface area contributed by atoms with E-state index in [-0.39, 0.29) is 17.2 Å². The number of amides is 2. The molecule has 7 heteroatoms. The Kier molecular flexibility index (Phi) is 7.36. The van der Waals surface area contributed by atoms with Gasteiger partial charge in [0, 0.05) is 5.56 Å². The molecule has 0 N–H and O–H groups in total. The second-order valence-corrected chi connectivity index (χ2v) is 9.23. The predicted octanol–water partition coefficient (Wildman–Crippen LogP) is 5.81. The summed E-state index contributed by atoms with van der Waals surface area (Å²) < 4.78 is 11.4. The number of ketones is 1. The Balaban J connectivity index is 1.46. The van der Waals surface area contributed by atoms with Crippen LogP contribution in [0.4, 0.5) is 4.79 Å². The number of carbonyl (C=O) groups excluding carboxylic acids is 3. The lowest BCUT2D eigenvalue weighted by molar-refractivity contribution is -0.122. The van der Waals surface area contributed by atoms with E-state index in [1.807, 2.05) is 50.2 Å². The number of hydrogen-bond acceptors (Lipinski definition) is 6. The summed E-state index contributed by atoms with van der Waals surface area (Å²) in [5, 5.41) is -0.466. The largest absolute Gasteiger partial charge is 0.493 e. The van der Waals surface area contributed by atoms with Gasteiger partial charge < -0.3 is 9.47 Å². The monoisotopic (exact) mass is 487 g/mol. The topological polar surface area (TPSA) is 72.9 Å². The molecule has 4 rings (SSSR count). The third-order valence-corrected chi connectivity index (χ3v) is 6.46. The maximum Gasteiger partial charge on any atom is 0.293 e. The van der Waals surface area contributed by atoms with Crippen molar-refractivity contribution in [2.45, 2.75) is 20.5 Å². The molecule has 0 spiro atoms. The van der Waals surface area contributed by atoms with Crippen LogP contribution in [0.25, 0.3) is 6.08 Å². The van der Waals surface area contributed by atoms with Gasteiger partial charge in [-0.3, -0.25) is 19.3 Å². The lowest BCUT2D eigenvalue weighted by atomic mass is 10.1. The number of rotatable bonds is 8. The molecule has 1 aliphatic heterocycles. The van der Waals surface area contributed by atoms with Gasteiger partial charge in [0.15, 0.2) is 17.3 Å². The maximum absolute atomic E-state index is 12.9. The molecule has 6 nitrogen and oxygen atoms in total. The molecule has 0 unspecified atom stereocenters. The minimum absolute atomic E-state index is 0.252. The van der Waals surface area contributed by atoms with Crippen LogP contribution < -0.4 is 9.47 Å². The second-order valence-electron chi connectivity index (χ2n) is 8.24. The van der Waals surface area contributed by atoms with Crippen molar-refractivity contribution < 1.29 is 23.9 Å². The average molecular weight is 488 g/mol. The second kappa shape index (κ2) is 10.6. The van der Waals surface area contributed by atoms with Gasteiger partial charge in [0.1, 0.15) is 6.61 Å². The Labute approximate surface area is 208 Å². The average Bonchev–Trinajstić information content (AvgIpc) is 3.11. The molecule has 1 aliphatic rings. The molecule has 0 atom stereocenters. The summed E-state index contributed by atoms with van der Waals surface area (Å²) >= 11 is 0.817. The van der Waals surface area contributed by atoms with E-state index in [1.165, 1.54) is 5.56 Å². The highest BCUT2D eigenvalue weighted by Gasteiger charge is 2.36. The Morgan fingerprint density at radius 2 is 1.57 bits per heavy atom. The van der Waals surface area contributed by atoms with Gasteiger partial charge in [0.2, 0.25) is 0 Å². The molecule has 0 radical (unpaired) electrons. The van der Waals surface area contributed by atoms with Crippen LogP contribution in [0.15, 0.2) is 71.6 Å². The van der Waals surface area contributed by atoms with Crippen molar-refractivity contribution in [2.24, 2.45) is 0 Å². The minimum atomic E-state index is -0.487. The number of hydrogen-bond donors (Lipinski definition) is 0. The van der Waals surface area contributed by atoms with Crippen LogP contribution in [0.5, 0.6) is 11.5 Å². The number of carbonyl (C=O) groups is 3. The Bertz CT molecular complexity index is 1300. The Morgan fingerprint density at radius 3 is 2.23 bits per heavy atom. The van der Waals surface area contributed by atoms with Crippen molar-refractivity contribution in [1.82, 2.24) is 4.90 Å². The van der Waals surface area contributed by atoms with Crippen molar-refractivity contribution in [2.75, 3.05) is 13.7 Å². The van der Waals surface area contributed by atoms with Crippen LogP contribution >= 0.6 is 11.8 Å². The van der Waals surface area contributed by atoms with E-state index in [4.69, 9.17) is 9.47 Å². The van der Waals surface area contributed by atoms with Crippen LogP contribution in [0.3, 0.4) is 0 Å². The van der Waals surface area contributed by atoms with Crippen LogP contribution in [0.2, 0.25) is 0 Å². The summed E-state index contributed by atoms with van der Waals surface area (Å²) in [6, 6.07) is 20.4. The van der Waals surface area contributed by atoms with Gasteiger partial charge in [-0.25, -0.2) is 0 Å². The fraction of sp³-hybridized carbons (Fsp3) is 0.179. The maximum atomic E-state index is 12.9. The number of ether oxygens (including phenoxy) is 2. The van der Waals surface area contributed by atoms with Gasteiger partial charge in [-0.1, -0.05) is 65.7 Å². The quantitative estimate of drug-likeness (QED) is 0.295. The lowest BCUT2D eigenvalue weighted by Crippen LogP contribution is -2.33. The van der Waals surface area contributed by atoms with E-state index < -0.39 is 11.1 Å². The van der Waals surface area contributed by atoms with Crippen LogP contribution in [-0.2, 0) is 11.4 Å². The summed E-state index contributed by atoms with van der Waals surface area (Å²) in [5.41, 5.74) is 4.39.